The molecule has 0 N–H and O–H groups in total. The molecule has 0 bridgehead atoms. The molecule has 0 aliphatic carbocycles. The minimum absolute atomic E-state index is 0.145. The third-order valence-electron chi connectivity index (χ3n) is 5.22. The molecule has 1 aliphatic heterocycles. The first-order valence-corrected chi connectivity index (χ1v) is 14.1. The van der Waals surface area contributed by atoms with Gasteiger partial charge in [0.25, 0.3) is 5.91 Å². The van der Waals surface area contributed by atoms with Crippen LogP contribution in [0.25, 0.3) is 6.08 Å². The summed E-state index contributed by atoms with van der Waals surface area (Å²) < 4.78 is 25.9. The molecule has 37 heavy (non-hydrogen) atoms. The first-order valence-electron chi connectivity index (χ1n) is 11.1. The fourth-order valence-corrected chi connectivity index (χ4v) is 6.45. The SMILES string of the molecule is CCOC(=O)c1ccc(N=C2S/C(=C\c3cc(I)c(OCc4ccc(F)cc4)c(I)c3)C(=O)N2C)cc1. The molecule has 0 spiro atoms. The van der Waals surface area contributed by atoms with Gasteiger partial charge in [-0.1, -0.05) is 12.1 Å². The first-order chi connectivity index (χ1) is 17.7. The van der Waals surface area contributed by atoms with Crippen molar-refractivity contribution in [2.45, 2.75) is 13.5 Å². The monoisotopic (exact) mass is 742 g/mol. The van der Waals surface area contributed by atoms with E-state index in [9.17, 15) is 14.0 Å². The van der Waals surface area contributed by atoms with Crippen LogP contribution in [-0.2, 0) is 16.1 Å². The third kappa shape index (κ3) is 6.90. The van der Waals surface area contributed by atoms with Crippen molar-refractivity contribution in [1.82, 2.24) is 4.90 Å². The number of hydrogen-bond donors (Lipinski definition) is 0. The van der Waals surface area contributed by atoms with E-state index in [1.165, 1.54) is 28.8 Å². The normalized spacial score (nSPS) is 15.5. The highest BCUT2D eigenvalue weighted by Crippen LogP contribution is 2.35. The number of aliphatic imine (C=N–C) groups is 1. The number of ether oxygens (including phenoxy) is 2. The Morgan fingerprint density at radius 2 is 1.73 bits per heavy atom. The van der Waals surface area contributed by atoms with E-state index in [1.54, 1.807) is 50.4 Å². The van der Waals surface area contributed by atoms with Gasteiger partial charge in [0.05, 0.1) is 29.9 Å². The van der Waals surface area contributed by atoms with Gasteiger partial charge in [0.2, 0.25) is 0 Å². The predicted octanol–water partition coefficient (Wildman–Crippen LogP) is 7.02. The zero-order valence-electron chi connectivity index (χ0n) is 19.8. The average molecular weight is 742 g/mol. The number of halogens is 3. The summed E-state index contributed by atoms with van der Waals surface area (Å²) in [6.07, 6.45) is 1.84. The number of hydrogen-bond acceptors (Lipinski definition) is 6. The summed E-state index contributed by atoms with van der Waals surface area (Å²) in [5, 5.41) is 0.545. The molecule has 1 aliphatic rings. The molecule has 190 valence electrons. The number of rotatable bonds is 7. The molecule has 3 aromatic rings. The third-order valence-corrected chi connectivity index (χ3v) is 7.88. The fourth-order valence-electron chi connectivity index (χ4n) is 3.34. The van der Waals surface area contributed by atoms with Gasteiger partial charge in [0, 0.05) is 7.05 Å². The minimum Gasteiger partial charge on any atom is -0.487 e. The average Bonchev–Trinajstić information content (AvgIpc) is 3.12. The van der Waals surface area contributed by atoms with Crippen molar-refractivity contribution in [3.05, 3.63) is 95.2 Å². The molecule has 10 heteroatoms. The van der Waals surface area contributed by atoms with Crippen LogP contribution in [0.3, 0.4) is 0 Å². The second-order valence-electron chi connectivity index (χ2n) is 7.87. The highest BCUT2D eigenvalue weighted by molar-refractivity contribution is 14.1. The number of likely N-dealkylation sites (N-methyl/N-ethyl adjacent to an activating group) is 1. The van der Waals surface area contributed by atoms with Crippen molar-refractivity contribution in [3.63, 3.8) is 0 Å². The first kappa shape index (κ1) is 27.6. The van der Waals surface area contributed by atoms with Crippen molar-refractivity contribution < 1.29 is 23.5 Å². The number of amides is 1. The Hall–Kier alpha value is -2.45. The maximum Gasteiger partial charge on any atom is 0.338 e. The predicted molar refractivity (Wildman–Crippen MR) is 160 cm³/mol. The van der Waals surface area contributed by atoms with Crippen LogP contribution < -0.4 is 4.74 Å². The molecule has 0 unspecified atom stereocenters. The van der Waals surface area contributed by atoms with Gasteiger partial charge in [0.1, 0.15) is 18.2 Å². The number of nitrogens with zero attached hydrogens (tertiary/aromatic N) is 2. The van der Waals surface area contributed by atoms with Crippen LogP contribution in [0.4, 0.5) is 10.1 Å². The van der Waals surface area contributed by atoms with Gasteiger partial charge < -0.3 is 9.47 Å². The van der Waals surface area contributed by atoms with E-state index in [2.05, 4.69) is 50.2 Å². The van der Waals surface area contributed by atoms with E-state index in [4.69, 9.17) is 9.47 Å². The molecule has 0 atom stereocenters. The van der Waals surface area contributed by atoms with Gasteiger partial charge in [-0.15, -0.1) is 0 Å². The Labute approximate surface area is 245 Å². The maximum absolute atomic E-state index is 13.1. The number of esters is 1. The van der Waals surface area contributed by atoms with E-state index in [0.717, 1.165) is 24.0 Å². The molecule has 6 nitrogen and oxygen atoms in total. The van der Waals surface area contributed by atoms with Gasteiger partial charge in [-0.2, -0.15) is 0 Å². The molecule has 0 aromatic heterocycles. The standard InChI is InChI=1S/C27H21FI2N2O4S/c1-3-35-26(34)18-6-10-20(11-7-18)31-27-32(2)25(33)23(37-27)14-17-12-21(29)24(22(30)13-17)36-15-16-4-8-19(28)9-5-16/h4-14H,3,15H2,1-2H3/b23-14-,31-27?. The molecular formula is C27H21FI2N2O4S. The van der Waals surface area contributed by atoms with Crippen molar-refractivity contribution >= 4 is 85.8 Å². The van der Waals surface area contributed by atoms with Gasteiger partial charge in [-0.25, -0.2) is 14.2 Å². The van der Waals surface area contributed by atoms with Crippen molar-refractivity contribution in [1.29, 1.82) is 0 Å². The molecule has 4 rings (SSSR count). The summed E-state index contributed by atoms with van der Waals surface area (Å²) in [6, 6.07) is 16.9. The number of amidine groups is 1. The van der Waals surface area contributed by atoms with Crippen LogP contribution >= 0.6 is 56.9 Å². The van der Waals surface area contributed by atoms with E-state index < -0.39 is 0 Å². The Balaban J connectivity index is 1.49. The summed E-state index contributed by atoms with van der Waals surface area (Å²) in [7, 11) is 1.68. The molecule has 3 aromatic carbocycles. The maximum atomic E-state index is 13.1. The molecule has 1 saturated heterocycles. The Morgan fingerprint density at radius 1 is 1.08 bits per heavy atom. The topological polar surface area (TPSA) is 68.2 Å². The van der Waals surface area contributed by atoms with Gasteiger partial charge >= 0.3 is 5.97 Å². The Morgan fingerprint density at radius 3 is 2.35 bits per heavy atom. The molecular weight excluding hydrogens is 721 g/mol. The largest absolute Gasteiger partial charge is 0.487 e. The lowest BCUT2D eigenvalue weighted by atomic mass is 10.2. The summed E-state index contributed by atoms with van der Waals surface area (Å²) in [4.78, 5) is 31.4. The Kier molecular flexibility index (Phi) is 9.24. The second-order valence-corrected chi connectivity index (χ2v) is 11.2. The summed E-state index contributed by atoms with van der Waals surface area (Å²) in [5.41, 5.74) is 2.82. The van der Waals surface area contributed by atoms with Crippen LogP contribution in [0.15, 0.2) is 70.6 Å². The van der Waals surface area contributed by atoms with Crippen molar-refractivity contribution in [2.24, 2.45) is 4.99 Å². The van der Waals surface area contributed by atoms with Crippen LogP contribution in [0.1, 0.15) is 28.4 Å². The van der Waals surface area contributed by atoms with Crippen LogP contribution in [0.2, 0.25) is 0 Å². The highest BCUT2D eigenvalue weighted by Gasteiger charge is 2.30. The zero-order valence-corrected chi connectivity index (χ0v) is 25.0. The van der Waals surface area contributed by atoms with Crippen LogP contribution in [0.5, 0.6) is 5.75 Å². The second kappa shape index (κ2) is 12.4. The van der Waals surface area contributed by atoms with Gasteiger partial charge in [-0.3, -0.25) is 9.69 Å². The molecule has 1 amide bonds. The van der Waals surface area contributed by atoms with Crippen LogP contribution in [-0.4, -0.2) is 35.6 Å². The lowest BCUT2D eigenvalue weighted by molar-refractivity contribution is -0.121. The minimum atomic E-state index is -0.384. The van der Waals surface area contributed by atoms with Gasteiger partial charge in [0.15, 0.2) is 5.17 Å². The molecule has 1 fully saturated rings. The summed E-state index contributed by atoms with van der Waals surface area (Å²) in [6.45, 7) is 2.39. The highest BCUT2D eigenvalue weighted by atomic mass is 127. The van der Waals surface area contributed by atoms with E-state index in [-0.39, 0.29) is 17.7 Å². The smallest absolute Gasteiger partial charge is 0.338 e. The molecule has 0 saturated carbocycles. The lowest BCUT2D eigenvalue weighted by Crippen LogP contribution is -2.23. The number of carbonyl (C=O) groups is 2. The van der Waals surface area contributed by atoms with Gasteiger partial charge in [-0.05, 0) is 130 Å². The van der Waals surface area contributed by atoms with E-state index in [0.29, 0.717) is 34.5 Å². The number of thioether (sulfide) groups is 1. The quantitative estimate of drug-likeness (QED) is 0.148. The lowest BCUT2D eigenvalue weighted by Gasteiger charge is -2.12. The van der Waals surface area contributed by atoms with Crippen LogP contribution in [0, 0.1) is 13.0 Å². The summed E-state index contributed by atoms with van der Waals surface area (Å²) >= 11 is 5.71. The molecule has 1 heterocycles. The van der Waals surface area contributed by atoms with E-state index in [1.807, 2.05) is 18.2 Å². The number of carbonyl (C=O) groups excluding carboxylic acids is 2. The van der Waals surface area contributed by atoms with Crippen molar-refractivity contribution in [3.8, 4) is 5.75 Å². The Bertz CT molecular complexity index is 1370. The fraction of sp³-hybridized carbons (Fsp3) is 0.148. The van der Waals surface area contributed by atoms with E-state index >= 15 is 0 Å². The zero-order chi connectivity index (χ0) is 26.5. The number of benzene rings is 3. The van der Waals surface area contributed by atoms with Crippen molar-refractivity contribution in [2.75, 3.05) is 13.7 Å². The summed E-state index contributed by atoms with van der Waals surface area (Å²) in [5.74, 6) is -0.0711. The molecule has 0 radical (unpaired) electrons.